The molecule has 34 heavy (non-hydrogen) atoms. The highest BCUT2D eigenvalue weighted by molar-refractivity contribution is 8.16. The molecule has 0 radical (unpaired) electrons. The summed E-state index contributed by atoms with van der Waals surface area (Å²) in [6.07, 6.45) is 1.23. The summed E-state index contributed by atoms with van der Waals surface area (Å²) in [5.41, 5.74) is 2.35. The lowest BCUT2D eigenvalue weighted by Gasteiger charge is -2.25. The fraction of sp³-hybridized carbons (Fsp3) is 0.292. The Labute approximate surface area is 208 Å². The van der Waals surface area contributed by atoms with Gasteiger partial charge in [0.25, 0.3) is 5.91 Å². The van der Waals surface area contributed by atoms with Crippen LogP contribution in [0.3, 0.4) is 0 Å². The zero-order valence-electron chi connectivity index (χ0n) is 18.6. The van der Waals surface area contributed by atoms with Crippen molar-refractivity contribution in [2.24, 2.45) is 4.99 Å². The molecule has 10 heteroatoms. The molecule has 0 bridgehead atoms. The van der Waals surface area contributed by atoms with Gasteiger partial charge in [0.15, 0.2) is 15.0 Å². The summed E-state index contributed by atoms with van der Waals surface area (Å²) < 4.78 is 24.5. The quantitative estimate of drug-likeness (QED) is 0.462. The molecule has 0 aromatic heterocycles. The summed E-state index contributed by atoms with van der Waals surface area (Å²) in [4.78, 5) is 18.9. The largest absolute Gasteiger partial charge is 0.321 e. The van der Waals surface area contributed by atoms with Gasteiger partial charge in [0.05, 0.1) is 23.7 Å². The first kappa shape index (κ1) is 24.3. The van der Waals surface area contributed by atoms with E-state index in [0.29, 0.717) is 21.8 Å². The topological polar surface area (TPSA) is 103 Å². The van der Waals surface area contributed by atoms with E-state index in [1.54, 1.807) is 24.3 Å². The molecule has 0 saturated carbocycles. The van der Waals surface area contributed by atoms with Crippen molar-refractivity contribution >= 4 is 55.6 Å². The molecule has 2 heterocycles. The van der Waals surface area contributed by atoms with Gasteiger partial charge in [0, 0.05) is 21.6 Å². The summed E-state index contributed by atoms with van der Waals surface area (Å²) >= 11 is 7.23. The van der Waals surface area contributed by atoms with Crippen LogP contribution < -0.4 is 10.2 Å². The van der Waals surface area contributed by atoms with E-state index in [-0.39, 0.29) is 28.4 Å². The first-order valence-corrected chi connectivity index (χ1v) is 13.8. The number of hydrogen-bond donors (Lipinski definition) is 1. The fourth-order valence-electron chi connectivity index (χ4n) is 3.89. The number of anilines is 2. The van der Waals surface area contributed by atoms with Crippen LogP contribution in [-0.2, 0) is 14.6 Å². The van der Waals surface area contributed by atoms with E-state index in [1.807, 2.05) is 35.2 Å². The third kappa shape index (κ3) is 5.30. The van der Waals surface area contributed by atoms with Gasteiger partial charge in [-0.3, -0.25) is 4.79 Å². The Morgan fingerprint density at radius 3 is 2.50 bits per heavy atom. The van der Waals surface area contributed by atoms with Gasteiger partial charge < -0.3 is 10.2 Å². The lowest BCUT2D eigenvalue weighted by Crippen LogP contribution is -2.37. The van der Waals surface area contributed by atoms with Gasteiger partial charge in [0.1, 0.15) is 11.6 Å². The van der Waals surface area contributed by atoms with Crippen molar-refractivity contribution in [2.75, 3.05) is 21.7 Å². The Bertz CT molecular complexity index is 1300. The average Bonchev–Trinajstić information content (AvgIpc) is 3.26. The Kier molecular flexibility index (Phi) is 7.03. The van der Waals surface area contributed by atoms with E-state index in [4.69, 9.17) is 11.6 Å². The molecule has 176 valence electrons. The van der Waals surface area contributed by atoms with Crippen molar-refractivity contribution in [3.63, 3.8) is 0 Å². The van der Waals surface area contributed by atoms with E-state index in [0.717, 1.165) is 5.69 Å². The molecule has 2 saturated heterocycles. The van der Waals surface area contributed by atoms with Gasteiger partial charge >= 0.3 is 0 Å². The molecule has 2 aromatic carbocycles. The maximum atomic E-state index is 12.6. The number of rotatable bonds is 5. The van der Waals surface area contributed by atoms with E-state index in [2.05, 4.69) is 24.2 Å². The Hall–Kier alpha value is -2.80. The molecule has 0 aliphatic carbocycles. The molecular formula is C24H23ClN4O3S2. The molecule has 4 rings (SSSR count). The van der Waals surface area contributed by atoms with Crippen LogP contribution in [0.15, 0.2) is 65.3 Å². The van der Waals surface area contributed by atoms with Crippen LogP contribution in [0.4, 0.5) is 11.4 Å². The van der Waals surface area contributed by atoms with Crippen molar-refractivity contribution in [1.29, 1.82) is 5.26 Å². The van der Waals surface area contributed by atoms with Crippen LogP contribution in [0.2, 0.25) is 5.02 Å². The number of nitrogens with zero attached hydrogens (tertiary/aromatic N) is 3. The Morgan fingerprint density at radius 1 is 1.21 bits per heavy atom. The summed E-state index contributed by atoms with van der Waals surface area (Å²) in [6.45, 7) is 4.22. The molecule has 2 aliphatic heterocycles. The van der Waals surface area contributed by atoms with Crippen LogP contribution in [0.1, 0.15) is 25.3 Å². The second-order valence-corrected chi connectivity index (χ2v) is 12.2. The van der Waals surface area contributed by atoms with Crippen LogP contribution in [0.25, 0.3) is 0 Å². The van der Waals surface area contributed by atoms with Crippen molar-refractivity contribution < 1.29 is 13.2 Å². The third-order valence-corrected chi connectivity index (χ3v) is 9.15. The number of nitriles is 1. The van der Waals surface area contributed by atoms with Gasteiger partial charge in [0.2, 0.25) is 0 Å². The van der Waals surface area contributed by atoms with E-state index in [1.165, 1.54) is 23.5 Å². The van der Waals surface area contributed by atoms with Crippen molar-refractivity contribution in [3.8, 4) is 6.07 Å². The Balaban J connectivity index is 1.62. The number of amidine groups is 1. The summed E-state index contributed by atoms with van der Waals surface area (Å²) in [5, 5.41) is 13.1. The summed E-state index contributed by atoms with van der Waals surface area (Å²) in [5.74, 6) is -0.0993. The number of carbonyl (C=O) groups excluding carboxylic acids is 1. The van der Waals surface area contributed by atoms with Gasteiger partial charge in [-0.1, -0.05) is 49.3 Å². The van der Waals surface area contributed by atoms with E-state index >= 15 is 0 Å². The number of hydrogen-bond acceptors (Lipinski definition) is 6. The Morgan fingerprint density at radius 2 is 1.88 bits per heavy atom. The van der Waals surface area contributed by atoms with Crippen LogP contribution in [-0.4, -0.2) is 42.3 Å². The molecule has 1 N–H and O–H groups in total. The summed E-state index contributed by atoms with van der Waals surface area (Å²) in [7, 11) is -3.14. The first-order valence-electron chi connectivity index (χ1n) is 10.7. The van der Waals surface area contributed by atoms with Crippen molar-refractivity contribution in [1.82, 2.24) is 0 Å². The number of nitrogens with one attached hydrogen (secondary N) is 1. The van der Waals surface area contributed by atoms with Crippen LogP contribution >= 0.6 is 23.4 Å². The van der Waals surface area contributed by atoms with Gasteiger partial charge in [-0.25, -0.2) is 13.4 Å². The molecule has 2 aliphatic rings. The minimum absolute atomic E-state index is 0.0431. The molecule has 2 atom stereocenters. The van der Waals surface area contributed by atoms with Crippen LogP contribution in [0.5, 0.6) is 0 Å². The van der Waals surface area contributed by atoms with Gasteiger partial charge in [-0.2, -0.15) is 5.26 Å². The third-order valence-electron chi connectivity index (χ3n) is 5.68. The number of fused-ring (bicyclic) bond motifs is 1. The predicted octanol–water partition coefficient (Wildman–Crippen LogP) is 4.58. The minimum atomic E-state index is -3.14. The van der Waals surface area contributed by atoms with Gasteiger partial charge in [-0.05, 0) is 47.9 Å². The smallest absolute Gasteiger partial charge is 0.267 e. The standard InChI is InChI=1S/C24H23ClN4O3S2/c1-15(2)16-3-9-20(10-4-16)29-21-13-34(31,32)14-22(21)33-24(29)27-12-17(11-26)23(30)28-19-7-5-18(25)6-8-19/h3-10,12,15,21-22H,13-14H2,1-2H3,(H,28,30)/b17-12+,27-24?/t21-,22-/m1/s1. The highest BCUT2D eigenvalue weighted by atomic mass is 35.5. The lowest BCUT2D eigenvalue weighted by molar-refractivity contribution is -0.112. The maximum absolute atomic E-state index is 12.6. The second-order valence-electron chi connectivity index (χ2n) is 8.44. The zero-order valence-corrected chi connectivity index (χ0v) is 21.0. The molecular weight excluding hydrogens is 492 g/mol. The predicted molar refractivity (Wildman–Crippen MR) is 138 cm³/mol. The first-order chi connectivity index (χ1) is 16.2. The highest BCUT2D eigenvalue weighted by Gasteiger charge is 2.49. The molecule has 7 nitrogen and oxygen atoms in total. The number of benzene rings is 2. The zero-order chi connectivity index (χ0) is 24.5. The van der Waals surface area contributed by atoms with E-state index < -0.39 is 15.7 Å². The number of sulfone groups is 1. The minimum Gasteiger partial charge on any atom is -0.321 e. The lowest BCUT2D eigenvalue weighted by atomic mass is 10.0. The monoisotopic (exact) mass is 514 g/mol. The normalized spacial score (nSPS) is 22.6. The fourth-order valence-corrected chi connectivity index (χ4v) is 7.90. The number of aliphatic imine (C=N–C) groups is 1. The number of carbonyl (C=O) groups is 1. The molecule has 0 unspecified atom stereocenters. The molecule has 0 spiro atoms. The molecule has 2 fully saturated rings. The van der Waals surface area contributed by atoms with Crippen molar-refractivity contribution in [3.05, 3.63) is 70.9 Å². The summed E-state index contributed by atoms with van der Waals surface area (Å²) in [6, 6.07) is 16.1. The van der Waals surface area contributed by atoms with Crippen LogP contribution in [0, 0.1) is 11.3 Å². The number of halogens is 1. The molecule has 2 aromatic rings. The number of thioether (sulfide) groups is 1. The van der Waals surface area contributed by atoms with E-state index in [9.17, 15) is 18.5 Å². The van der Waals surface area contributed by atoms with Crippen molar-refractivity contribution in [2.45, 2.75) is 31.1 Å². The second kappa shape index (κ2) is 9.82. The molecule has 1 amide bonds. The van der Waals surface area contributed by atoms with Gasteiger partial charge in [-0.15, -0.1) is 0 Å². The number of amides is 1. The average molecular weight is 515 g/mol. The highest BCUT2D eigenvalue weighted by Crippen LogP contribution is 2.41. The SMILES string of the molecule is CC(C)c1ccc(N2C(=N/C=C(\C#N)C(=O)Nc3ccc(Cl)cc3)S[C@@H]3CS(=O)(=O)C[C@H]32)cc1. The maximum Gasteiger partial charge on any atom is 0.267 e.